The molecule has 3 nitrogen and oxygen atoms in total. The summed E-state index contributed by atoms with van der Waals surface area (Å²) in [5.74, 6) is 0.457. The van der Waals surface area contributed by atoms with E-state index in [-0.39, 0.29) is 17.2 Å². The fourth-order valence-corrected chi connectivity index (χ4v) is 1.97. The van der Waals surface area contributed by atoms with Crippen LogP contribution >= 0.6 is 0 Å². The van der Waals surface area contributed by atoms with Gasteiger partial charge in [0.15, 0.2) is 0 Å². The fraction of sp³-hybridized carbons (Fsp3) is 0.923. The van der Waals surface area contributed by atoms with Crippen LogP contribution in [0.1, 0.15) is 47.0 Å². The predicted molar refractivity (Wildman–Crippen MR) is 67.3 cm³/mol. The Morgan fingerprint density at radius 1 is 1.50 bits per heavy atom. The van der Waals surface area contributed by atoms with E-state index in [2.05, 4.69) is 38.3 Å². The molecule has 1 fully saturated rings. The molecule has 1 aliphatic rings. The number of hydrogen-bond donors (Lipinski definition) is 2. The first-order valence-electron chi connectivity index (χ1n) is 6.45. The van der Waals surface area contributed by atoms with Gasteiger partial charge in [-0.25, -0.2) is 0 Å². The van der Waals surface area contributed by atoms with E-state index in [1.165, 1.54) is 0 Å². The average molecular weight is 226 g/mol. The van der Waals surface area contributed by atoms with Crippen molar-refractivity contribution in [2.24, 2.45) is 11.3 Å². The zero-order chi connectivity index (χ0) is 12.2. The lowest BCUT2D eigenvalue weighted by molar-refractivity contribution is -0.126. The van der Waals surface area contributed by atoms with Crippen molar-refractivity contribution in [1.82, 2.24) is 10.6 Å². The zero-order valence-corrected chi connectivity index (χ0v) is 11.1. The van der Waals surface area contributed by atoms with Crippen LogP contribution < -0.4 is 10.6 Å². The van der Waals surface area contributed by atoms with Crippen molar-refractivity contribution in [1.29, 1.82) is 0 Å². The fourth-order valence-electron chi connectivity index (χ4n) is 1.97. The first-order valence-corrected chi connectivity index (χ1v) is 6.45. The van der Waals surface area contributed by atoms with E-state index in [9.17, 15) is 4.79 Å². The summed E-state index contributed by atoms with van der Waals surface area (Å²) in [5.41, 5.74) is 0.216. The molecule has 0 radical (unpaired) electrons. The van der Waals surface area contributed by atoms with Gasteiger partial charge in [-0.15, -0.1) is 0 Å². The zero-order valence-electron chi connectivity index (χ0n) is 11.1. The molecule has 0 bridgehead atoms. The van der Waals surface area contributed by atoms with Gasteiger partial charge < -0.3 is 10.6 Å². The van der Waals surface area contributed by atoms with E-state index in [0.29, 0.717) is 6.04 Å². The largest absolute Gasteiger partial charge is 0.355 e. The molecule has 1 aliphatic heterocycles. The van der Waals surface area contributed by atoms with Crippen molar-refractivity contribution in [2.45, 2.75) is 53.0 Å². The highest BCUT2D eigenvalue weighted by Gasteiger charge is 2.25. The molecule has 16 heavy (non-hydrogen) atoms. The Hall–Kier alpha value is -0.570. The van der Waals surface area contributed by atoms with Gasteiger partial charge in [0, 0.05) is 18.5 Å². The standard InChI is InChI=1S/C13H26N2O/c1-5-13(3,4)9-15-12(16)11-6-7-14-10(2)8-11/h10-11,14H,5-9H2,1-4H3,(H,15,16). The number of carbonyl (C=O) groups is 1. The van der Waals surface area contributed by atoms with E-state index >= 15 is 0 Å². The summed E-state index contributed by atoms with van der Waals surface area (Å²) in [6.07, 6.45) is 3.04. The summed E-state index contributed by atoms with van der Waals surface area (Å²) in [4.78, 5) is 12.0. The number of nitrogens with one attached hydrogen (secondary N) is 2. The number of rotatable bonds is 4. The molecule has 2 unspecified atom stereocenters. The topological polar surface area (TPSA) is 41.1 Å². The average Bonchev–Trinajstić information content (AvgIpc) is 2.26. The number of piperidine rings is 1. The third-order valence-electron chi connectivity index (χ3n) is 3.69. The maximum atomic E-state index is 12.0. The summed E-state index contributed by atoms with van der Waals surface area (Å²) in [7, 11) is 0. The van der Waals surface area contributed by atoms with E-state index in [0.717, 1.165) is 32.4 Å². The molecule has 2 N–H and O–H groups in total. The molecule has 1 amide bonds. The molecular weight excluding hydrogens is 200 g/mol. The number of carbonyl (C=O) groups excluding carboxylic acids is 1. The van der Waals surface area contributed by atoms with Crippen LogP contribution in [0.15, 0.2) is 0 Å². The quantitative estimate of drug-likeness (QED) is 0.769. The third-order valence-corrected chi connectivity index (χ3v) is 3.69. The van der Waals surface area contributed by atoms with Crippen molar-refractivity contribution in [3.8, 4) is 0 Å². The Morgan fingerprint density at radius 2 is 2.19 bits per heavy atom. The molecule has 1 saturated heterocycles. The maximum absolute atomic E-state index is 12.0. The van der Waals surface area contributed by atoms with Gasteiger partial charge in [0.2, 0.25) is 5.91 Å². The summed E-state index contributed by atoms with van der Waals surface area (Å²) < 4.78 is 0. The lowest BCUT2D eigenvalue weighted by Crippen LogP contribution is -2.44. The second-order valence-corrected chi connectivity index (χ2v) is 5.81. The van der Waals surface area contributed by atoms with Gasteiger partial charge in [0.25, 0.3) is 0 Å². The highest BCUT2D eigenvalue weighted by Crippen LogP contribution is 2.20. The first-order chi connectivity index (χ1) is 7.44. The highest BCUT2D eigenvalue weighted by atomic mass is 16.1. The van der Waals surface area contributed by atoms with E-state index in [1.807, 2.05) is 0 Å². The molecule has 94 valence electrons. The normalized spacial score (nSPS) is 26.5. The molecule has 1 heterocycles. The van der Waals surface area contributed by atoms with Crippen molar-refractivity contribution in [2.75, 3.05) is 13.1 Å². The van der Waals surface area contributed by atoms with Gasteiger partial charge in [-0.3, -0.25) is 4.79 Å². The molecule has 1 rings (SSSR count). The molecule has 0 aliphatic carbocycles. The molecule has 0 aromatic rings. The van der Waals surface area contributed by atoms with Gasteiger partial charge in [0.1, 0.15) is 0 Å². The van der Waals surface area contributed by atoms with Crippen LogP contribution in [0.25, 0.3) is 0 Å². The van der Waals surface area contributed by atoms with Crippen molar-refractivity contribution >= 4 is 5.91 Å². The lowest BCUT2D eigenvalue weighted by atomic mass is 9.89. The summed E-state index contributed by atoms with van der Waals surface area (Å²) in [6, 6.07) is 0.476. The minimum Gasteiger partial charge on any atom is -0.355 e. The Labute approximate surface area is 99.4 Å². The van der Waals surface area contributed by atoms with Crippen LogP contribution in [-0.4, -0.2) is 25.0 Å². The van der Waals surface area contributed by atoms with Crippen molar-refractivity contribution in [3.63, 3.8) is 0 Å². The smallest absolute Gasteiger partial charge is 0.223 e. The van der Waals surface area contributed by atoms with Crippen LogP contribution in [0, 0.1) is 11.3 Å². The summed E-state index contributed by atoms with van der Waals surface area (Å²) >= 11 is 0. The number of amides is 1. The Kier molecular flexibility index (Phi) is 4.78. The van der Waals surface area contributed by atoms with Crippen LogP contribution in [0.4, 0.5) is 0 Å². The molecule has 3 heteroatoms. The monoisotopic (exact) mass is 226 g/mol. The van der Waals surface area contributed by atoms with E-state index in [1.54, 1.807) is 0 Å². The molecular formula is C13H26N2O. The van der Waals surface area contributed by atoms with Crippen LogP contribution in [0.2, 0.25) is 0 Å². The van der Waals surface area contributed by atoms with Crippen LogP contribution in [0.5, 0.6) is 0 Å². The molecule has 0 aromatic carbocycles. The number of hydrogen-bond acceptors (Lipinski definition) is 2. The Morgan fingerprint density at radius 3 is 2.75 bits per heavy atom. The van der Waals surface area contributed by atoms with Gasteiger partial charge in [-0.1, -0.05) is 20.8 Å². The van der Waals surface area contributed by atoms with Gasteiger partial charge in [0.05, 0.1) is 0 Å². The van der Waals surface area contributed by atoms with E-state index < -0.39 is 0 Å². The van der Waals surface area contributed by atoms with Gasteiger partial charge in [-0.05, 0) is 38.1 Å². The van der Waals surface area contributed by atoms with Crippen molar-refractivity contribution < 1.29 is 4.79 Å². The SMILES string of the molecule is CCC(C)(C)CNC(=O)C1CCNC(C)C1. The van der Waals surface area contributed by atoms with E-state index in [4.69, 9.17) is 0 Å². The van der Waals surface area contributed by atoms with Gasteiger partial charge in [-0.2, -0.15) is 0 Å². The predicted octanol–water partition coefficient (Wildman–Crippen LogP) is 1.93. The Balaban J connectivity index is 2.34. The second-order valence-electron chi connectivity index (χ2n) is 5.81. The summed E-state index contributed by atoms with van der Waals surface area (Å²) in [6.45, 7) is 10.5. The maximum Gasteiger partial charge on any atom is 0.223 e. The molecule has 0 saturated carbocycles. The van der Waals surface area contributed by atoms with Crippen LogP contribution in [0.3, 0.4) is 0 Å². The molecule has 0 spiro atoms. The Bertz CT molecular complexity index is 238. The second kappa shape index (κ2) is 5.67. The minimum atomic E-state index is 0.212. The van der Waals surface area contributed by atoms with Gasteiger partial charge >= 0.3 is 0 Å². The highest BCUT2D eigenvalue weighted by molar-refractivity contribution is 5.78. The lowest BCUT2D eigenvalue weighted by Gasteiger charge is -2.29. The summed E-state index contributed by atoms with van der Waals surface area (Å²) in [5, 5.41) is 6.47. The third kappa shape index (κ3) is 4.12. The molecule has 0 aromatic heterocycles. The minimum absolute atomic E-state index is 0.212. The van der Waals surface area contributed by atoms with Crippen molar-refractivity contribution in [3.05, 3.63) is 0 Å². The molecule has 2 atom stereocenters. The first kappa shape index (κ1) is 13.5. The van der Waals surface area contributed by atoms with Crippen LogP contribution in [-0.2, 0) is 4.79 Å².